The molecule has 110 valence electrons. The van der Waals surface area contributed by atoms with Gasteiger partial charge in [-0.3, -0.25) is 4.79 Å². The summed E-state index contributed by atoms with van der Waals surface area (Å²) in [6.07, 6.45) is 0.271. The maximum atomic E-state index is 11.7. The van der Waals surface area contributed by atoms with Gasteiger partial charge in [-0.1, -0.05) is 34.5 Å². The molecule has 7 heteroatoms. The van der Waals surface area contributed by atoms with Crippen molar-refractivity contribution < 1.29 is 19.4 Å². The minimum absolute atomic E-state index is 0.271. The number of aliphatic carboxylic acids is 1. The predicted molar refractivity (Wildman–Crippen MR) is 79.1 cm³/mol. The van der Waals surface area contributed by atoms with E-state index >= 15 is 0 Å². The number of hydrogen-bond acceptors (Lipinski definition) is 3. The quantitative estimate of drug-likeness (QED) is 0.814. The summed E-state index contributed by atoms with van der Waals surface area (Å²) in [5.41, 5.74) is -1.30. The van der Waals surface area contributed by atoms with Gasteiger partial charge >= 0.3 is 5.97 Å². The van der Waals surface area contributed by atoms with Crippen LogP contribution in [0.25, 0.3) is 0 Å². The molecular formula is C13H15BrClNO4. The molecule has 0 saturated carbocycles. The van der Waals surface area contributed by atoms with Gasteiger partial charge in [-0.25, -0.2) is 4.79 Å². The topological polar surface area (TPSA) is 75.6 Å². The minimum Gasteiger partial charge on any atom is -0.482 e. The Morgan fingerprint density at radius 2 is 2.15 bits per heavy atom. The van der Waals surface area contributed by atoms with Crippen LogP contribution in [0.3, 0.4) is 0 Å². The lowest BCUT2D eigenvalue weighted by atomic mass is 9.99. The van der Waals surface area contributed by atoms with Crippen molar-refractivity contribution in [1.82, 2.24) is 5.32 Å². The normalized spacial score (nSPS) is 13.4. The molecule has 0 saturated heterocycles. The zero-order valence-corrected chi connectivity index (χ0v) is 13.4. The maximum Gasteiger partial charge on any atom is 0.329 e. The Kier molecular flexibility index (Phi) is 5.83. The lowest BCUT2D eigenvalue weighted by Crippen LogP contribution is -2.53. The summed E-state index contributed by atoms with van der Waals surface area (Å²) in [7, 11) is 0. The Hall–Kier alpha value is -1.27. The van der Waals surface area contributed by atoms with Crippen LogP contribution in [0.5, 0.6) is 5.75 Å². The van der Waals surface area contributed by atoms with E-state index in [9.17, 15) is 9.59 Å². The molecule has 20 heavy (non-hydrogen) atoms. The van der Waals surface area contributed by atoms with Crippen LogP contribution in [0.15, 0.2) is 22.7 Å². The molecule has 0 aliphatic carbocycles. The highest BCUT2D eigenvalue weighted by Crippen LogP contribution is 2.27. The smallest absolute Gasteiger partial charge is 0.329 e. The molecule has 1 amide bonds. The van der Waals surface area contributed by atoms with Crippen molar-refractivity contribution in [2.75, 3.05) is 6.61 Å². The fraction of sp³-hybridized carbons (Fsp3) is 0.385. The van der Waals surface area contributed by atoms with Gasteiger partial charge in [0.05, 0.1) is 5.02 Å². The summed E-state index contributed by atoms with van der Waals surface area (Å²) < 4.78 is 6.06. The third-order valence-corrected chi connectivity index (χ3v) is 3.64. The molecule has 0 aliphatic rings. The van der Waals surface area contributed by atoms with Gasteiger partial charge in [0.25, 0.3) is 5.91 Å². The van der Waals surface area contributed by atoms with E-state index < -0.39 is 17.4 Å². The van der Waals surface area contributed by atoms with Gasteiger partial charge in [0, 0.05) is 4.47 Å². The van der Waals surface area contributed by atoms with E-state index in [1.807, 2.05) is 0 Å². The Balaban J connectivity index is 2.62. The van der Waals surface area contributed by atoms with E-state index in [-0.39, 0.29) is 13.0 Å². The van der Waals surface area contributed by atoms with E-state index in [0.29, 0.717) is 10.8 Å². The Bertz CT molecular complexity index is 523. The number of hydrogen-bond donors (Lipinski definition) is 2. The van der Waals surface area contributed by atoms with Gasteiger partial charge in [-0.15, -0.1) is 0 Å². The molecule has 0 fully saturated rings. The summed E-state index contributed by atoms with van der Waals surface area (Å²) >= 11 is 9.20. The number of carbonyl (C=O) groups excluding carboxylic acids is 1. The molecule has 0 aromatic heterocycles. The highest BCUT2D eigenvalue weighted by atomic mass is 79.9. The summed E-state index contributed by atoms with van der Waals surface area (Å²) in [5, 5.41) is 11.9. The lowest BCUT2D eigenvalue weighted by molar-refractivity contribution is -0.147. The number of rotatable bonds is 6. The van der Waals surface area contributed by atoms with Gasteiger partial charge in [-0.05, 0) is 31.5 Å². The highest BCUT2D eigenvalue weighted by molar-refractivity contribution is 9.10. The number of halogens is 2. The first kappa shape index (κ1) is 16.8. The number of amides is 1. The first-order valence-corrected chi connectivity index (χ1v) is 7.08. The molecule has 5 nitrogen and oxygen atoms in total. The van der Waals surface area contributed by atoms with Crippen LogP contribution in [0.1, 0.15) is 20.3 Å². The number of ether oxygens (including phenoxy) is 1. The maximum absolute atomic E-state index is 11.7. The van der Waals surface area contributed by atoms with Crippen molar-refractivity contribution in [1.29, 1.82) is 0 Å². The molecule has 0 heterocycles. The molecule has 1 rings (SSSR count). The summed E-state index contributed by atoms with van der Waals surface area (Å²) in [6.45, 7) is 2.82. The minimum atomic E-state index is -1.30. The number of nitrogens with one attached hydrogen (secondary N) is 1. The largest absolute Gasteiger partial charge is 0.482 e. The van der Waals surface area contributed by atoms with Crippen molar-refractivity contribution in [3.63, 3.8) is 0 Å². The summed E-state index contributed by atoms with van der Waals surface area (Å²) in [4.78, 5) is 22.8. The standard InChI is InChI=1S/C13H15BrClNO4/c1-3-13(2,12(18)19)16-11(17)7-20-10-5-4-8(14)6-9(10)15/h4-6H,3,7H2,1-2H3,(H,16,17)(H,18,19). The summed E-state index contributed by atoms with van der Waals surface area (Å²) in [6, 6.07) is 4.99. The van der Waals surface area contributed by atoms with Gasteiger partial charge in [0.2, 0.25) is 0 Å². The molecule has 0 bridgehead atoms. The Morgan fingerprint density at radius 1 is 1.50 bits per heavy atom. The van der Waals surface area contributed by atoms with Crippen LogP contribution in [-0.4, -0.2) is 29.1 Å². The van der Waals surface area contributed by atoms with Crippen molar-refractivity contribution >= 4 is 39.4 Å². The highest BCUT2D eigenvalue weighted by Gasteiger charge is 2.32. The van der Waals surface area contributed by atoms with Crippen LogP contribution < -0.4 is 10.1 Å². The number of carbonyl (C=O) groups is 2. The van der Waals surface area contributed by atoms with Crippen LogP contribution in [-0.2, 0) is 9.59 Å². The fourth-order valence-electron chi connectivity index (χ4n) is 1.37. The third-order valence-electron chi connectivity index (χ3n) is 2.85. The number of benzene rings is 1. The zero-order chi connectivity index (χ0) is 15.3. The monoisotopic (exact) mass is 363 g/mol. The van der Waals surface area contributed by atoms with Crippen molar-refractivity contribution in [2.45, 2.75) is 25.8 Å². The van der Waals surface area contributed by atoms with Crippen LogP contribution in [0.4, 0.5) is 0 Å². The number of carboxylic acid groups (broad SMARTS) is 1. The lowest BCUT2D eigenvalue weighted by Gasteiger charge is -2.24. The fourth-order valence-corrected chi connectivity index (χ4v) is 2.10. The average molecular weight is 365 g/mol. The Morgan fingerprint density at radius 3 is 2.65 bits per heavy atom. The second-order valence-corrected chi connectivity index (χ2v) is 5.73. The second kappa shape index (κ2) is 6.95. The van der Waals surface area contributed by atoms with E-state index in [0.717, 1.165) is 4.47 Å². The average Bonchev–Trinajstić information content (AvgIpc) is 2.37. The first-order chi connectivity index (χ1) is 9.28. The Labute approximate surface area is 130 Å². The molecule has 1 aromatic rings. The number of carboxylic acids is 1. The van der Waals surface area contributed by atoms with Crippen molar-refractivity contribution in [3.8, 4) is 5.75 Å². The molecule has 2 N–H and O–H groups in total. The van der Waals surface area contributed by atoms with Crippen LogP contribution in [0.2, 0.25) is 5.02 Å². The van der Waals surface area contributed by atoms with E-state index in [4.69, 9.17) is 21.4 Å². The van der Waals surface area contributed by atoms with Crippen molar-refractivity contribution in [2.24, 2.45) is 0 Å². The van der Waals surface area contributed by atoms with E-state index in [1.54, 1.807) is 25.1 Å². The SMILES string of the molecule is CCC(C)(NC(=O)COc1ccc(Br)cc1Cl)C(=O)O. The van der Waals surface area contributed by atoms with Crippen LogP contribution >= 0.6 is 27.5 Å². The second-order valence-electron chi connectivity index (χ2n) is 4.40. The molecule has 1 unspecified atom stereocenters. The van der Waals surface area contributed by atoms with E-state index in [1.165, 1.54) is 6.92 Å². The van der Waals surface area contributed by atoms with Gasteiger partial charge in [0.1, 0.15) is 11.3 Å². The molecule has 1 aromatic carbocycles. The molecule has 0 radical (unpaired) electrons. The third kappa shape index (κ3) is 4.38. The zero-order valence-electron chi connectivity index (χ0n) is 11.1. The predicted octanol–water partition coefficient (Wildman–Crippen LogP) is 2.85. The summed E-state index contributed by atoms with van der Waals surface area (Å²) in [5.74, 6) is -1.25. The van der Waals surface area contributed by atoms with Gasteiger partial charge < -0.3 is 15.2 Å². The molecule has 1 atom stereocenters. The molecule has 0 spiro atoms. The van der Waals surface area contributed by atoms with Gasteiger partial charge in [-0.2, -0.15) is 0 Å². The molecular weight excluding hydrogens is 350 g/mol. The van der Waals surface area contributed by atoms with Crippen LogP contribution in [0, 0.1) is 0 Å². The van der Waals surface area contributed by atoms with E-state index in [2.05, 4.69) is 21.2 Å². The van der Waals surface area contributed by atoms with Crippen molar-refractivity contribution in [3.05, 3.63) is 27.7 Å². The van der Waals surface area contributed by atoms with Gasteiger partial charge in [0.15, 0.2) is 6.61 Å². The molecule has 0 aliphatic heterocycles. The first-order valence-electron chi connectivity index (χ1n) is 5.90.